The minimum atomic E-state index is -2.97. The van der Waals surface area contributed by atoms with Gasteiger partial charge in [-0.3, -0.25) is 0 Å². The van der Waals surface area contributed by atoms with E-state index in [1.54, 1.807) is 59.5 Å². The molecule has 0 N–H and O–H groups in total. The lowest BCUT2D eigenvalue weighted by Crippen LogP contribution is -2.39. The first-order valence-corrected chi connectivity index (χ1v) is 13.6. The van der Waals surface area contributed by atoms with Crippen LogP contribution in [-0.4, -0.2) is 7.32 Å². The second-order valence-electron chi connectivity index (χ2n) is 9.84. The van der Waals surface area contributed by atoms with Gasteiger partial charge in [0.15, 0.2) is 11.5 Å². The highest BCUT2D eigenvalue weighted by molar-refractivity contribution is 6.39. The maximum atomic E-state index is 14.7. The molecule has 0 heterocycles. The molecule has 0 fully saturated rings. The highest BCUT2D eigenvalue weighted by Gasteiger charge is 2.40. The number of rotatable bonds is 10. The smallest absolute Gasteiger partial charge is 0.488 e. The van der Waals surface area contributed by atoms with Crippen LogP contribution in [0.2, 0.25) is 0 Å². The molecule has 246 valence electrons. The van der Waals surface area contributed by atoms with E-state index in [1.165, 1.54) is 24.3 Å². The SMILES string of the molecule is C=Cc1cccc(OB(Oc2c(F)c(F)c(F)c(F)c2F)Oc2c(F)c(F)c(F)c(F)c2F)c1N(c1ccccc1)c1ccc(C)cc1. The van der Waals surface area contributed by atoms with Crippen LogP contribution in [0.15, 0.2) is 79.4 Å². The van der Waals surface area contributed by atoms with Crippen LogP contribution < -0.4 is 18.9 Å². The van der Waals surface area contributed by atoms with Gasteiger partial charge in [0.25, 0.3) is 0 Å². The maximum Gasteiger partial charge on any atom is 0.864 e. The summed E-state index contributed by atoms with van der Waals surface area (Å²) in [4.78, 5) is 1.57. The molecule has 0 aliphatic rings. The molecule has 0 bridgehead atoms. The third kappa shape index (κ3) is 6.22. The number of aryl methyl sites for hydroxylation is 1. The third-order valence-electron chi connectivity index (χ3n) is 6.77. The van der Waals surface area contributed by atoms with Crippen molar-refractivity contribution in [3.05, 3.63) is 149 Å². The van der Waals surface area contributed by atoms with Crippen LogP contribution >= 0.6 is 0 Å². The van der Waals surface area contributed by atoms with Gasteiger partial charge in [0.2, 0.25) is 58.2 Å². The van der Waals surface area contributed by atoms with Crippen molar-refractivity contribution < 1.29 is 57.9 Å². The Hall–Kier alpha value is -5.60. The average Bonchev–Trinajstić information content (AvgIpc) is 3.10. The molecule has 0 aliphatic carbocycles. The molecule has 0 atom stereocenters. The van der Waals surface area contributed by atoms with Gasteiger partial charge in [-0.15, -0.1) is 0 Å². The van der Waals surface area contributed by atoms with Gasteiger partial charge in [-0.05, 0) is 37.3 Å². The van der Waals surface area contributed by atoms with E-state index >= 15 is 0 Å². The molecule has 15 heteroatoms. The lowest BCUT2D eigenvalue weighted by molar-refractivity contribution is 0.260. The molecule has 0 unspecified atom stereocenters. The molecule has 0 aromatic heterocycles. The van der Waals surface area contributed by atoms with Gasteiger partial charge in [-0.2, -0.15) is 17.6 Å². The normalized spacial score (nSPS) is 10.9. The van der Waals surface area contributed by atoms with Gasteiger partial charge in [-0.25, -0.2) is 26.3 Å². The second kappa shape index (κ2) is 13.6. The first-order chi connectivity index (χ1) is 22.8. The van der Waals surface area contributed by atoms with Gasteiger partial charge in [-0.1, -0.05) is 60.7 Å². The molecule has 0 amide bonds. The van der Waals surface area contributed by atoms with E-state index < -0.39 is 82.7 Å². The Morgan fingerprint density at radius 1 is 0.521 bits per heavy atom. The summed E-state index contributed by atoms with van der Waals surface area (Å²) in [5, 5.41) is 0. The molecule has 5 aromatic carbocycles. The number of benzene rings is 5. The molecule has 4 nitrogen and oxygen atoms in total. The van der Waals surface area contributed by atoms with E-state index in [0.717, 1.165) is 5.56 Å². The third-order valence-corrected chi connectivity index (χ3v) is 6.77. The maximum absolute atomic E-state index is 14.7. The van der Waals surface area contributed by atoms with Crippen LogP contribution in [0, 0.1) is 65.1 Å². The zero-order valence-electron chi connectivity index (χ0n) is 24.2. The van der Waals surface area contributed by atoms with E-state index in [1.807, 2.05) is 6.92 Å². The van der Waals surface area contributed by atoms with Crippen molar-refractivity contribution in [3.8, 4) is 17.2 Å². The van der Waals surface area contributed by atoms with Crippen molar-refractivity contribution in [1.29, 1.82) is 0 Å². The van der Waals surface area contributed by atoms with Crippen LogP contribution in [0.3, 0.4) is 0 Å². The summed E-state index contributed by atoms with van der Waals surface area (Å²) in [5.74, 6) is -29.9. The molecule has 0 radical (unpaired) electrons. The Morgan fingerprint density at radius 3 is 1.42 bits per heavy atom. The molecule has 5 rings (SSSR count). The van der Waals surface area contributed by atoms with Gasteiger partial charge in [0.1, 0.15) is 5.75 Å². The number of para-hydroxylation sites is 2. The Balaban J connectivity index is 1.72. The monoisotopic (exact) mass is 677 g/mol. The Labute approximate surface area is 266 Å². The first kappa shape index (κ1) is 33.8. The summed E-state index contributed by atoms with van der Waals surface area (Å²) in [5.41, 5.74) is 2.15. The topological polar surface area (TPSA) is 30.9 Å². The van der Waals surface area contributed by atoms with Crippen LogP contribution in [0.1, 0.15) is 11.1 Å². The van der Waals surface area contributed by atoms with E-state index in [0.29, 0.717) is 11.4 Å². The van der Waals surface area contributed by atoms with Gasteiger partial charge in [0, 0.05) is 16.9 Å². The van der Waals surface area contributed by atoms with Crippen molar-refractivity contribution in [2.75, 3.05) is 4.90 Å². The van der Waals surface area contributed by atoms with Crippen LogP contribution in [0.4, 0.5) is 61.0 Å². The fourth-order valence-corrected chi connectivity index (χ4v) is 4.46. The lowest BCUT2D eigenvalue weighted by atomic mass is 10.1. The fraction of sp³-hybridized carbons (Fsp3) is 0.0303. The average molecular weight is 677 g/mol. The summed E-state index contributed by atoms with van der Waals surface area (Å²) in [7, 11) is -2.97. The van der Waals surface area contributed by atoms with Crippen molar-refractivity contribution in [1.82, 2.24) is 0 Å². The predicted octanol–water partition coefficient (Wildman–Crippen LogP) is 10.0. The number of hydrogen-bond acceptors (Lipinski definition) is 4. The summed E-state index contributed by atoms with van der Waals surface area (Å²) >= 11 is 0. The van der Waals surface area contributed by atoms with Crippen LogP contribution in [-0.2, 0) is 0 Å². The van der Waals surface area contributed by atoms with E-state index in [4.69, 9.17) is 14.0 Å². The molecule has 0 saturated heterocycles. The van der Waals surface area contributed by atoms with E-state index in [9.17, 15) is 43.9 Å². The van der Waals surface area contributed by atoms with Crippen molar-refractivity contribution >= 4 is 30.5 Å². The van der Waals surface area contributed by atoms with Crippen LogP contribution in [0.25, 0.3) is 6.08 Å². The summed E-state index contributed by atoms with van der Waals surface area (Å²) in [6, 6.07) is 19.3. The van der Waals surface area contributed by atoms with Gasteiger partial charge >= 0.3 is 7.32 Å². The molecule has 0 aliphatic heterocycles. The molecule has 0 spiro atoms. The Bertz CT molecular complexity index is 1880. The zero-order chi connectivity index (χ0) is 34.9. The minimum Gasteiger partial charge on any atom is -0.488 e. The Kier molecular flexibility index (Phi) is 9.59. The summed E-state index contributed by atoms with van der Waals surface area (Å²) in [6.45, 7) is 5.57. The molecular formula is C33H18BF10NO3. The van der Waals surface area contributed by atoms with Crippen molar-refractivity contribution in [2.24, 2.45) is 0 Å². The standard InChI is InChI=1S/C33H18BF10NO3/c1-3-17-8-7-11-20(31(17)45(18-9-5-4-6-10-18)19-14-12-16(2)13-15-19)46-34(47-32-27(41)23(37)21(35)24(38)28(32)42)48-33-29(43)25(39)22(36)26(40)30(33)44/h3-15H,1H2,2H3. The highest BCUT2D eigenvalue weighted by atomic mass is 19.2. The summed E-state index contributed by atoms with van der Waals surface area (Å²) in [6.07, 6.45) is 1.34. The van der Waals surface area contributed by atoms with E-state index in [-0.39, 0.29) is 11.3 Å². The van der Waals surface area contributed by atoms with Gasteiger partial charge < -0.3 is 18.9 Å². The van der Waals surface area contributed by atoms with Crippen LogP contribution in [0.5, 0.6) is 17.2 Å². The fourth-order valence-electron chi connectivity index (χ4n) is 4.46. The molecule has 5 aromatic rings. The number of nitrogens with zero attached hydrogens (tertiary/aromatic N) is 1. The van der Waals surface area contributed by atoms with E-state index in [2.05, 4.69) is 6.58 Å². The zero-order valence-corrected chi connectivity index (χ0v) is 24.2. The molecular weight excluding hydrogens is 659 g/mol. The molecule has 0 saturated carbocycles. The first-order valence-electron chi connectivity index (χ1n) is 13.6. The number of halogens is 10. The quantitative estimate of drug-likeness (QED) is 0.0638. The number of hydrogen-bond donors (Lipinski definition) is 0. The minimum absolute atomic E-state index is 0.0505. The lowest BCUT2D eigenvalue weighted by Gasteiger charge is -2.29. The predicted molar refractivity (Wildman–Crippen MR) is 156 cm³/mol. The van der Waals surface area contributed by atoms with Crippen molar-refractivity contribution in [2.45, 2.75) is 6.92 Å². The largest absolute Gasteiger partial charge is 0.864 e. The Morgan fingerprint density at radius 2 is 0.958 bits per heavy atom. The van der Waals surface area contributed by atoms with Crippen molar-refractivity contribution in [3.63, 3.8) is 0 Å². The molecule has 48 heavy (non-hydrogen) atoms. The van der Waals surface area contributed by atoms with Gasteiger partial charge in [0.05, 0.1) is 5.69 Å². The number of anilines is 3. The highest BCUT2D eigenvalue weighted by Crippen LogP contribution is 2.44. The summed E-state index contributed by atoms with van der Waals surface area (Å²) < 4.78 is 158. The second-order valence-corrected chi connectivity index (χ2v) is 9.84.